The van der Waals surface area contributed by atoms with E-state index in [4.69, 9.17) is 4.74 Å². The van der Waals surface area contributed by atoms with E-state index in [1.807, 2.05) is 29.2 Å². The van der Waals surface area contributed by atoms with E-state index in [0.29, 0.717) is 38.3 Å². The Balaban J connectivity index is 1.56. The molecule has 0 aliphatic carbocycles. The lowest BCUT2D eigenvalue weighted by Crippen LogP contribution is -2.35. The van der Waals surface area contributed by atoms with Crippen LogP contribution in [0, 0.1) is 0 Å². The van der Waals surface area contributed by atoms with Gasteiger partial charge in [-0.25, -0.2) is 0 Å². The molecular formula is C22H25F3N2O2. The van der Waals surface area contributed by atoms with Crippen LogP contribution >= 0.6 is 0 Å². The third-order valence-electron chi connectivity index (χ3n) is 5.08. The lowest BCUT2D eigenvalue weighted by molar-refractivity contribution is -0.137. The van der Waals surface area contributed by atoms with Crippen LogP contribution in [0.4, 0.5) is 13.2 Å². The summed E-state index contributed by atoms with van der Waals surface area (Å²) in [5, 5.41) is 0. The summed E-state index contributed by atoms with van der Waals surface area (Å²) in [4.78, 5) is 16.8. The number of halogens is 3. The highest BCUT2D eigenvalue weighted by Gasteiger charge is 2.30. The summed E-state index contributed by atoms with van der Waals surface area (Å²) in [5.41, 5.74) is 1.88. The Bertz CT molecular complexity index is 804. The largest absolute Gasteiger partial charge is 0.416 e. The number of hydrogen-bond donors (Lipinski definition) is 0. The van der Waals surface area contributed by atoms with Crippen molar-refractivity contribution in [1.29, 1.82) is 0 Å². The summed E-state index contributed by atoms with van der Waals surface area (Å²) < 4.78 is 43.2. The van der Waals surface area contributed by atoms with Crippen LogP contribution in [0.5, 0.6) is 0 Å². The van der Waals surface area contributed by atoms with Gasteiger partial charge in [-0.1, -0.05) is 24.3 Å². The summed E-state index contributed by atoms with van der Waals surface area (Å²) in [5.74, 6) is 0.00495. The quantitative estimate of drug-likeness (QED) is 0.746. The van der Waals surface area contributed by atoms with Crippen LogP contribution in [-0.4, -0.2) is 49.0 Å². The topological polar surface area (TPSA) is 32.8 Å². The number of alkyl halides is 3. The fraction of sp³-hybridized carbons (Fsp3) is 0.409. The van der Waals surface area contributed by atoms with Crippen molar-refractivity contribution in [3.05, 3.63) is 70.8 Å². The molecule has 2 aromatic rings. The molecule has 156 valence electrons. The van der Waals surface area contributed by atoms with Crippen molar-refractivity contribution in [3.63, 3.8) is 0 Å². The van der Waals surface area contributed by atoms with Gasteiger partial charge in [0.05, 0.1) is 12.2 Å². The van der Waals surface area contributed by atoms with Crippen LogP contribution in [0.1, 0.15) is 33.5 Å². The molecule has 0 radical (unpaired) electrons. The minimum atomic E-state index is -4.32. The molecule has 29 heavy (non-hydrogen) atoms. The molecule has 0 spiro atoms. The first-order valence-electron chi connectivity index (χ1n) is 9.62. The Morgan fingerprint density at radius 2 is 1.59 bits per heavy atom. The van der Waals surface area contributed by atoms with Gasteiger partial charge < -0.3 is 9.64 Å². The van der Waals surface area contributed by atoms with E-state index in [2.05, 4.69) is 4.90 Å². The van der Waals surface area contributed by atoms with Crippen LogP contribution in [0.15, 0.2) is 48.5 Å². The third kappa shape index (κ3) is 5.81. The Hall–Kier alpha value is -2.38. The molecule has 1 saturated heterocycles. The highest BCUT2D eigenvalue weighted by molar-refractivity contribution is 5.94. The highest BCUT2D eigenvalue weighted by atomic mass is 19.4. The van der Waals surface area contributed by atoms with Gasteiger partial charge in [-0.2, -0.15) is 13.2 Å². The average Bonchev–Trinajstić information content (AvgIpc) is 2.94. The van der Waals surface area contributed by atoms with E-state index >= 15 is 0 Å². The smallest absolute Gasteiger partial charge is 0.380 e. The first kappa shape index (κ1) is 21.3. The molecule has 4 nitrogen and oxygen atoms in total. The number of rotatable bonds is 5. The molecule has 0 aromatic heterocycles. The second-order valence-electron chi connectivity index (χ2n) is 7.25. The number of benzene rings is 2. The number of methoxy groups -OCH3 is 1. The summed E-state index contributed by atoms with van der Waals surface area (Å²) in [6.07, 6.45) is -3.49. The van der Waals surface area contributed by atoms with Crippen molar-refractivity contribution in [2.24, 2.45) is 0 Å². The number of nitrogens with zero attached hydrogens (tertiary/aromatic N) is 2. The number of ether oxygens (including phenoxy) is 1. The van der Waals surface area contributed by atoms with Crippen molar-refractivity contribution in [2.75, 3.05) is 33.3 Å². The van der Waals surface area contributed by atoms with Gasteiger partial charge in [0.15, 0.2) is 0 Å². The molecule has 0 bridgehead atoms. The predicted molar refractivity (Wildman–Crippen MR) is 104 cm³/mol. The average molecular weight is 406 g/mol. The van der Waals surface area contributed by atoms with E-state index in [1.54, 1.807) is 7.11 Å². The Morgan fingerprint density at radius 3 is 2.21 bits per heavy atom. The molecule has 1 amide bonds. The molecule has 0 unspecified atom stereocenters. The third-order valence-corrected chi connectivity index (χ3v) is 5.08. The molecular weight excluding hydrogens is 381 g/mol. The Morgan fingerprint density at radius 1 is 0.931 bits per heavy atom. The van der Waals surface area contributed by atoms with Crippen LogP contribution in [0.25, 0.3) is 0 Å². The Kier molecular flexibility index (Phi) is 6.92. The van der Waals surface area contributed by atoms with Crippen LogP contribution in [-0.2, 0) is 24.1 Å². The molecule has 0 saturated carbocycles. The number of amides is 1. The summed E-state index contributed by atoms with van der Waals surface area (Å²) in [7, 11) is 1.63. The number of hydrogen-bond acceptors (Lipinski definition) is 3. The van der Waals surface area contributed by atoms with Crippen molar-refractivity contribution < 1.29 is 22.7 Å². The van der Waals surface area contributed by atoms with Gasteiger partial charge in [0.2, 0.25) is 0 Å². The van der Waals surface area contributed by atoms with Crippen LogP contribution < -0.4 is 0 Å². The fourth-order valence-electron chi connectivity index (χ4n) is 3.48. The van der Waals surface area contributed by atoms with E-state index in [1.165, 1.54) is 12.1 Å². The molecule has 1 fully saturated rings. The minimum Gasteiger partial charge on any atom is -0.380 e. The summed E-state index contributed by atoms with van der Waals surface area (Å²) in [6.45, 7) is 3.84. The van der Waals surface area contributed by atoms with Crippen LogP contribution in [0.2, 0.25) is 0 Å². The van der Waals surface area contributed by atoms with E-state index < -0.39 is 11.7 Å². The molecule has 1 aliphatic heterocycles. The van der Waals surface area contributed by atoms with Crippen LogP contribution in [0.3, 0.4) is 0 Å². The zero-order chi connectivity index (χ0) is 20.9. The number of carbonyl (C=O) groups is 1. The van der Waals surface area contributed by atoms with Gasteiger partial charge in [0.25, 0.3) is 5.91 Å². The monoisotopic (exact) mass is 406 g/mol. The van der Waals surface area contributed by atoms with Crippen molar-refractivity contribution >= 4 is 5.91 Å². The highest BCUT2D eigenvalue weighted by Crippen LogP contribution is 2.29. The zero-order valence-corrected chi connectivity index (χ0v) is 16.4. The van der Waals surface area contributed by atoms with E-state index in [9.17, 15) is 18.0 Å². The van der Waals surface area contributed by atoms with Gasteiger partial charge >= 0.3 is 6.18 Å². The second kappa shape index (κ2) is 9.41. The summed E-state index contributed by atoms with van der Waals surface area (Å²) >= 11 is 0. The molecule has 1 heterocycles. The molecule has 3 rings (SSSR count). The molecule has 1 aliphatic rings. The molecule has 0 atom stereocenters. The van der Waals surface area contributed by atoms with Gasteiger partial charge in [-0.15, -0.1) is 0 Å². The first-order valence-corrected chi connectivity index (χ1v) is 9.62. The molecule has 2 aromatic carbocycles. The lowest BCUT2D eigenvalue weighted by Gasteiger charge is -2.22. The van der Waals surface area contributed by atoms with Gasteiger partial charge in [-0.05, 0) is 41.8 Å². The normalized spacial score (nSPS) is 15.9. The number of carbonyl (C=O) groups excluding carboxylic acids is 1. The van der Waals surface area contributed by atoms with Gasteiger partial charge in [0.1, 0.15) is 0 Å². The van der Waals surface area contributed by atoms with Crippen molar-refractivity contribution in [3.8, 4) is 0 Å². The summed E-state index contributed by atoms with van der Waals surface area (Å²) in [6, 6.07) is 12.7. The van der Waals surface area contributed by atoms with Gasteiger partial charge in [0, 0.05) is 45.4 Å². The second-order valence-corrected chi connectivity index (χ2v) is 7.25. The maximum atomic E-state index is 12.8. The molecule has 7 heteroatoms. The predicted octanol–water partition coefficient (Wildman–Crippen LogP) is 4.20. The lowest BCUT2D eigenvalue weighted by atomic mass is 10.1. The minimum absolute atomic E-state index is 0.00495. The SMILES string of the molecule is COCc1ccc(C(=O)N2CCCN(Cc3ccc(C(F)(F)F)cc3)CC2)cc1. The van der Waals surface area contributed by atoms with Crippen molar-refractivity contribution in [2.45, 2.75) is 25.7 Å². The van der Waals surface area contributed by atoms with Gasteiger partial charge in [-0.3, -0.25) is 9.69 Å². The maximum Gasteiger partial charge on any atom is 0.416 e. The molecule has 0 N–H and O–H groups in total. The first-order chi connectivity index (χ1) is 13.9. The fourth-order valence-corrected chi connectivity index (χ4v) is 3.48. The standard InChI is InChI=1S/C22H25F3N2O2/c1-29-16-18-3-7-19(8-4-18)21(28)27-12-2-11-26(13-14-27)15-17-5-9-20(10-6-17)22(23,24)25/h3-10H,2,11-16H2,1H3. The van der Waals surface area contributed by atoms with Crippen molar-refractivity contribution in [1.82, 2.24) is 9.80 Å². The van der Waals surface area contributed by atoms with E-state index in [-0.39, 0.29) is 5.91 Å². The maximum absolute atomic E-state index is 12.8. The van der Waals surface area contributed by atoms with E-state index in [0.717, 1.165) is 36.2 Å². The zero-order valence-electron chi connectivity index (χ0n) is 16.4. The Labute approximate surface area is 168 Å².